The first kappa shape index (κ1) is 18.8. The standard InChI is InChI=1S/C20H21N3O3S/c1-13-4-6-15(7-5-13)20(24)19-11-10-18(22-19)14(2)17-9-8-16(12-21-17)23-27(3,25)26/h4-12,14,22-23H,1-3H3. The summed E-state index contributed by atoms with van der Waals surface area (Å²) in [7, 11) is -3.33. The number of carbonyl (C=O) groups is 1. The molecule has 1 unspecified atom stereocenters. The summed E-state index contributed by atoms with van der Waals surface area (Å²) in [5.41, 5.74) is 4.31. The van der Waals surface area contributed by atoms with Gasteiger partial charge in [-0.25, -0.2) is 8.42 Å². The van der Waals surface area contributed by atoms with Gasteiger partial charge >= 0.3 is 0 Å². The number of hydrogen-bond donors (Lipinski definition) is 2. The highest BCUT2D eigenvalue weighted by Crippen LogP contribution is 2.23. The lowest BCUT2D eigenvalue weighted by atomic mass is 10.0. The first-order chi connectivity index (χ1) is 12.7. The number of nitrogens with one attached hydrogen (secondary N) is 2. The van der Waals surface area contributed by atoms with Crippen LogP contribution >= 0.6 is 0 Å². The smallest absolute Gasteiger partial charge is 0.229 e. The van der Waals surface area contributed by atoms with Crippen LogP contribution in [0.2, 0.25) is 0 Å². The van der Waals surface area contributed by atoms with Crippen molar-refractivity contribution < 1.29 is 13.2 Å². The largest absolute Gasteiger partial charge is 0.355 e. The lowest BCUT2D eigenvalue weighted by molar-refractivity contribution is 0.103. The van der Waals surface area contributed by atoms with Crippen LogP contribution in [0.15, 0.2) is 54.7 Å². The van der Waals surface area contributed by atoms with E-state index in [0.29, 0.717) is 16.9 Å². The molecule has 0 aliphatic heterocycles. The minimum Gasteiger partial charge on any atom is -0.355 e. The molecule has 0 radical (unpaired) electrons. The van der Waals surface area contributed by atoms with Gasteiger partial charge in [-0.1, -0.05) is 36.8 Å². The zero-order chi connectivity index (χ0) is 19.6. The Bertz CT molecular complexity index is 1050. The van der Waals surface area contributed by atoms with Crippen molar-refractivity contribution in [1.82, 2.24) is 9.97 Å². The molecule has 3 rings (SSSR count). The fourth-order valence-corrected chi connectivity index (χ4v) is 3.30. The van der Waals surface area contributed by atoms with E-state index < -0.39 is 10.0 Å². The monoisotopic (exact) mass is 383 g/mol. The molecule has 6 nitrogen and oxygen atoms in total. The van der Waals surface area contributed by atoms with E-state index in [9.17, 15) is 13.2 Å². The van der Waals surface area contributed by atoms with Gasteiger partial charge in [0.1, 0.15) is 0 Å². The second kappa shape index (κ2) is 7.36. The number of aromatic amines is 1. The molecule has 1 aromatic carbocycles. The lowest BCUT2D eigenvalue weighted by Crippen LogP contribution is -2.10. The van der Waals surface area contributed by atoms with E-state index in [1.807, 2.05) is 44.2 Å². The van der Waals surface area contributed by atoms with Gasteiger partial charge in [0.15, 0.2) is 0 Å². The number of aromatic nitrogens is 2. The van der Waals surface area contributed by atoms with Gasteiger partial charge < -0.3 is 4.98 Å². The van der Waals surface area contributed by atoms with Crippen molar-refractivity contribution in [3.8, 4) is 0 Å². The van der Waals surface area contributed by atoms with E-state index in [4.69, 9.17) is 0 Å². The number of rotatable bonds is 6. The third-order valence-electron chi connectivity index (χ3n) is 4.27. The Morgan fingerprint density at radius 1 is 1.07 bits per heavy atom. The number of nitrogens with zero attached hydrogens (tertiary/aromatic N) is 1. The van der Waals surface area contributed by atoms with E-state index in [0.717, 1.165) is 23.2 Å². The molecule has 2 heterocycles. The zero-order valence-corrected chi connectivity index (χ0v) is 16.2. The highest BCUT2D eigenvalue weighted by atomic mass is 32.2. The van der Waals surface area contributed by atoms with Crippen molar-refractivity contribution in [3.05, 3.63) is 82.9 Å². The van der Waals surface area contributed by atoms with Crippen LogP contribution in [-0.4, -0.2) is 30.4 Å². The molecule has 140 valence electrons. The van der Waals surface area contributed by atoms with Crippen LogP contribution in [0.25, 0.3) is 0 Å². The van der Waals surface area contributed by atoms with Crippen LogP contribution in [0.4, 0.5) is 5.69 Å². The second-order valence-electron chi connectivity index (χ2n) is 6.59. The van der Waals surface area contributed by atoms with Gasteiger partial charge in [0.05, 0.1) is 23.8 Å². The summed E-state index contributed by atoms with van der Waals surface area (Å²) in [6.07, 6.45) is 2.57. The highest BCUT2D eigenvalue weighted by Gasteiger charge is 2.16. The molecule has 27 heavy (non-hydrogen) atoms. The molecular formula is C20H21N3O3S. The molecule has 0 saturated heterocycles. The molecule has 0 aliphatic carbocycles. The van der Waals surface area contributed by atoms with Crippen molar-refractivity contribution >= 4 is 21.5 Å². The lowest BCUT2D eigenvalue weighted by Gasteiger charge is -2.10. The molecule has 0 spiro atoms. The van der Waals surface area contributed by atoms with E-state index in [1.165, 1.54) is 6.20 Å². The number of carbonyl (C=O) groups excluding carboxylic acids is 1. The minimum absolute atomic E-state index is 0.0610. The molecule has 0 amide bonds. The Kier molecular flexibility index (Phi) is 5.14. The summed E-state index contributed by atoms with van der Waals surface area (Å²) < 4.78 is 24.9. The number of sulfonamides is 1. The normalized spacial score (nSPS) is 12.6. The summed E-state index contributed by atoms with van der Waals surface area (Å²) in [6.45, 7) is 3.95. The predicted molar refractivity (Wildman–Crippen MR) is 106 cm³/mol. The van der Waals surface area contributed by atoms with Crippen LogP contribution in [0.1, 0.15) is 45.8 Å². The number of aryl methyl sites for hydroxylation is 1. The van der Waals surface area contributed by atoms with E-state index in [2.05, 4.69) is 14.7 Å². The maximum absolute atomic E-state index is 12.6. The number of hydrogen-bond acceptors (Lipinski definition) is 4. The molecule has 2 N–H and O–H groups in total. The number of pyridine rings is 1. The van der Waals surface area contributed by atoms with Gasteiger partial charge in [0.25, 0.3) is 0 Å². The molecular weight excluding hydrogens is 362 g/mol. The molecule has 3 aromatic rings. The number of ketones is 1. The summed E-state index contributed by atoms with van der Waals surface area (Å²) in [5, 5.41) is 0. The number of H-pyrrole nitrogens is 1. The van der Waals surface area contributed by atoms with Gasteiger partial charge in [-0.2, -0.15) is 0 Å². The molecule has 0 aliphatic rings. The third kappa shape index (κ3) is 4.62. The van der Waals surface area contributed by atoms with Crippen molar-refractivity contribution in [3.63, 3.8) is 0 Å². The van der Waals surface area contributed by atoms with Gasteiger partial charge in [-0.05, 0) is 31.2 Å². The molecule has 7 heteroatoms. The topological polar surface area (TPSA) is 91.9 Å². The average Bonchev–Trinajstić information content (AvgIpc) is 3.10. The van der Waals surface area contributed by atoms with Crippen LogP contribution < -0.4 is 4.72 Å². The number of anilines is 1. The number of benzene rings is 1. The minimum atomic E-state index is -3.33. The molecule has 2 aromatic heterocycles. The van der Waals surface area contributed by atoms with Crippen molar-refractivity contribution in [2.75, 3.05) is 11.0 Å². The molecule has 0 saturated carbocycles. The summed E-state index contributed by atoms with van der Waals surface area (Å²) in [6, 6.07) is 14.5. The van der Waals surface area contributed by atoms with Crippen molar-refractivity contribution in [2.45, 2.75) is 19.8 Å². The van der Waals surface area contributed by atoms with Crippen molar-refractivity contribution in [2.24, 2.45) is 0 Å². The van der Waals surface area contributed by atoms with Crippen LogP contribution in [0, 0.1) is 6.92 Å². The fraction of sp³-hybridized carbons (Fsp3) is 0.200. The Balaban J connectivity index is 1.77. The van der Waals surface area contributed by atoms with Gasteiger partial charge in [0, 0.05) is 22.9 Å². The van der Waals surface area contributed by atoms with E-state index in [-0.39, 0.29) is 11.7 Å². The zero-order valence-electron chi connectivity index (χ0n) is 15.4. The van der Waals surface area contributed by atoms with Crippen LogP contribution in [-0.2, 0) is 10.0 Å². The van der Waals surface area contributed by atoms with Gasteiger partial charge in [-0.15, -0.1) is 0 Å². The Hall–Kier alpha value is -2.93. The molecule has 0 bridgehead atoms. The quantitative estimate of drug-likeness (QED) is 0.638. The maximum atomic E-state index is 12.6. The van der Waals surface area contributed by atoms with Crippen molar-refractivity contribution in [1.29, 1.82) is 0 Å². The predicted octanol–water partition coefficient (Wildman–Crippen LogP) is 3.47. The Labute approximate surface area is 158 Å². The maximum Gasteiger partial charge on any atom is 0.229 e. The van der Waals surface area contributed by atoms with Gasteiger partial charge in [-0.3, -0.25) is 14.5 Å². The Morgan fingerprint density at radius 3 is 2.37 bits per heavy atom. The SMILES string of the molecule is Cc1ccc(C(=O)c2ccc(C(C)c3ccc(NS(C)(=O)=O)cn3)[nH]2)cc1. The fourth-order valence-electron chi connectivity index (χ4n) is 2.75. The van der Waals surface area contributed by atoms with E-state index in [1.54, 1.807) is 18.2 Å². The molecule has 1 atom stereocenters. The van der Waals surface area contributed by atoms with E-state index >= 15 is 0 Å². The highest BCUT2D eigenvalue weighted by molar-refractivity contribution is 7.92. The summed E-state index contributed by atoms with van der Waals surface area (Å²) in [4.78, 5) is 20.1. The van der Waals surface area contributed by atoms with Gasteiger partial charge in [0.2, 0.25) is 15.8 Å². The second-order valence-corrected chi connectivity index (χ2v) is 8.34. The average molecular weight is 383 g/mol. The summed E-state index contributed by atoms with van der Waals surface area (Å²) >= 11 is 0. The Morgan fingerprint density at radius 2 is 1.78 bits per heavy atom. The van der Waals surface area contributed by atoms with Crippen LogP contribution in [0.3, 0.4) is 0 Å². The summed E-state index contributed by atoms with van der Waals surface area (Å²) in [5.74, 6) is -0.133. The first-order valence-corrected chi connectivity index (χ1v) is 10.4. The molecule has 0 fully saturated rings. The first-order valence-electron chi connectivity index (χ1n) is 8.47. The van der Waals surface area contributed by atoms with Crippen LogP contribution in [0.5, 0.6) is 0 Å². The third-order valence-corrected chi connectivity index (χ3v) is 4.87.